The van der Waals surface area contributed by atoms with Crippen molar-refractivity contribution in [3.8, 4) is 0 Å². The highest BCUT2D eigenvalue weighted by Crippen LogP contribution is 2.34. The summed E-state index contributed by atoms with van der Waals surface area (Å²) in [6.45, 7) is 0.0484. The minimum atomic E-state index is -0.0888. The first-order chi connectivity index (χ1) is 8.29. The van der Waals surface area contributed by atoms with E-state index in [1.54, 1.807) is 6.20 Å². The Hall–Kier alpha value is -1.73. The Bertz CT molecular complexity index is 540. The van der Waals surface area contributed by atoms with Gasteiger partial charge in [-0.1, -0.05) is 0 Å². The van der Waals surface area contributed by atoms with Gasteiger partial charge in [-0.3, -0.25) is 0 Å². The summed E-state index contributed by atoms with van der Waals surface area (Å²) in [5, 5.41) is 13.2. The summed E-state index contributed by atoms with van der Waals surface area (Å²) in [4.78, 5) is 8.03. The average Bonchev–Trinajstić information content (AvgIpc) is 2.94. The molecule has 1 aliphatic rings. The topological polar surface area (TPSA) is 98.6 Å². The molecule has 0 amide bonds. The number of aliphatic hydroxyl groups excluding tert-OH is 1. The molecule has 0 unspecified atom stereocenters. The van der Waals surface area contributed by atoms with Crippen LogP contribution in [-0.2, 0) is 4.74 Å². The van der Waals surface area contributed by atoms with Gasteiger partial charge in [-0.2, -0.15) is 9.61 Å². The molecule has 0 bridgehead atoms. The van der Waals surface area contributed by atoms with E-state index < -0.39 is 0 Å². The van der Waals surface area contributed by atoms with Crippen LogP contribution in [0.4, 0.5) is 5.95 Å². The Labute approximate surface area is 97.2 Å². The second-order valence-electron chi connectivity index (χ2n) is 4.07. The van der Waals surface area contributed by atoms with Crippen molar-refractivity contribution in [2.75, 3.05) is 12.3 Å². The molecule has 17 heavy (non-hydrogen) atoms. The first-order valence-electron chi connectivity index (χ1n) is 5.50. The van der Waals surface area contributed by atoms with Crippen molar-refractivity contribution >= 4 is 11.6 Å². The molecular weight excluding hydrogens is 222 g/mol. The molecule has 0 saturated carbocycles. The van der Waals surface area contributed by atoms with Crippen LogP contribution in [0.1, 0.15) is 24.5 Å². The smallest absolute Gasteiger partial charge is 0.224 e. The maximum Gasteiger partial charge on any atom is 0.224 e. The van der Waals surface area contributed by atoms with E-state index in [2.05, 4.69) is 15.1 Å². The van der Waals surface area contributed by atoms with E-state index in [-0.39, 0.29) is 18.8 Å². The lowest BCUT2D eigenvalue weighted by molar-refractivity contribution is 0.0115. The van der Waals surface area contributed by atoms with E-state index in [9.17, 15) is 0 Å². The van der Waals surface area contributed by atoms with Crippen molar-refractivity contribution in [3.05, 3.63) is 18.1 Å². The van der Waals surface area contributed by atoms with Gasteiger partial charge in [0.1, 0.15) is 6.33 Å². The third-order valence-corrected chi connectivity index (χ3v) is 3.02. The molecule has 1 fully saturated rings. The number of anilines is 1. The van der Waals surface area contributed by atoms with E-state index >= 15 is 0 Å². The number of nitrogens with zero attached hydrogens (tertiary/aromatic N) is 4. The number of fused-ring (bicyclic) bond motifs is 1. The van der Waals surface area contributed by atoms with Gasteiger partial charge >= 0.3 is 0 Å². The molecular formula is C10H13N5O2. The molecule has 7 nitrogen and oxygen atoms in total. The summed E-state index contributed by atoms with van der Waals surface area (Å²) in [5.74, 6) is 0.304. The minimum Gasteiger partial charge on any atom is -0.394 e. The molecule has 0 aromatic carbocycles. The first kappa shape index (κ1) is 10.4. The summed E-state index contributed by atoms with van der Waals surface area (Å²) >= 11 is 0. The SMILES string of the molecule is Nc1ncnc2c([C@H]3CC[C@@H](CO)O3)cnn12. The van der Waals surface area contributed by atoms with Gasteiger partial charge in [0, 0.05) is 5.56 Å². The Morgan fingerprint density at radius 2 is 2.35 bits per heavy atom. The third-order valence-electron chi connectivity index (χ3n) is 3.02. The molecule has 0 radical (unpaired) electrons. The van der Waals surface area contributed by atoms with Crippen molar-refractivity contribution in [3.63, 3.8) is 0 Å². The van der Waals surface area contributed by atoms with Gasteiger partial charge < -0.3 is 15.6 Å². The highest BCUT2D eigenvalue weighted by Gasteiger charge is 2.28. The van der Waals surface area contributed by atoms with Crippen molar-refractivity contribution in [1.29, 1.82) is 0 Å². The Morgan fingerprint density at radius 3 is 3.12 bits per heavy atom. The summed E-state index contributed by atoms with van der Waals surface area (Å²) in [6, 6.07) is 0. The molecule has 3 N–H and O–H groups in total. The van der Waals surface area contributed by atoms with Gasteiger partial charge in [0.2, 0.25) is 5.95 Å². The quantitative estimate of drug-likeness (QED) is 0.755. The maximum atomic E-state index is 9.05. The number of aromatic nitrogens is 4. The van der Waals surface area contributed by atoms with Crippen molar-refractivity contribution < 1.29 is 9.84 Å². The molecule has 0 spiro atoms. The second kappa shape index (κ2) is 3.94. The third kappa shape index (κ3) is 1.63. The van der Waals surface area contributed by atoms with Crippen molar-refractivity contribution in [2.24, 2.45) is 0 Å². The molecule has 3 rings (SSSR count). The molecule has 1 aliphatic heterocycles. The summed E-state index contributed by atoms with van der Waals surface area (Å²) < 4.78 is 7.19. The molecule has 2 atom stereocenters. The largest absolute Gasteiger partial charge is 0.394 e. The fraction of sp³-hybridized carbons (Fsp3) is 0.500. The zero-order valence-corrected chi connectivity index (χ0v) is 9.15. The number of hydrogen-bond acceptors (Lipinski definition) is 6. The van der Waals surface area contributed by atoms with Crippen LogP contribution in [0.3, 0.4) is 0 Å². The Kier molecular flexibility index (Phi) is 2.41. The van der Waals surface area contributed by atoms with Crippen LogP contribution in [0.25, 0.3) is 5.65 Å². The zero-order chi connectivity index (χ0) is 11.8. The predicted octanol–water partition coefficient (Wildman–Crippen LogP) is -0.0811. The summed E-state index contributed by atoms with van der Waals surface area (Å²) in [6.07, 6.45) is 4.65. The average molecular weight is 235 g/mol. The van der Waals surface area contributed by atoms with Crippen LogP contribution in [0.5, 0.6) is 0 Å². The fourth-order valence-corrected chi connectivity index (χ4v) is 2.14. The van der Waals surface area contributed by atoms with Gasteiger partial charge in [-0.15, -0.1) is 0 Å². The maximum absolute atomic E-state index is 9.05. The number of hydrogen-bond donors (Lipinski definition) is 2. The molecule has 7 heteroatoms. The van der Waals surface area contributed by atoms with E-state index in [0.29, 0.717) is 11.6 Å². The molecule has 90 valence electrons. The number of nitrogens with two attached hydrogens (primary N) is 1. The van der Waals surface area contributed by atoms with Crippen LogP contribution in [0.2, 0.25) is 0 Å². The van der Waals surface area contributed by atoms with Crippen LogP contribution in [0, 0.1) is 0 Å². The number of aliphatic hydroxyl groups is 1. The van der Waals surface area contributed by atoms with Gasteiger partial charge in [0.15, 0.2) is 5.65 Å². The Balaban J connectivity index is 1.99. The van der Waals surface area contributed by atoms with Crippen molar-refractivity contribution in [2.45, 2.75) is 25.0 Å². The molecule has 2 aromatic heterocycles. The fourth-order valence-electron chi connectivity index (χ4n) is 2.14. The normalized spacial score (nSPS) is 24.5. The van der Waals surface area contributed by atoms with Crippen molar-refractivity contribution in [1.82, 2.24) is 19.6 Å². The highest BCUT2D eigenvalue weighted by molar-refractivity contribution is 5.50. The number of rotatable bonds is 2. The summed E-state index contributed by atoms with van der Waals surface area (Å²) in [7, 11) is 0. The lowest BCUT2D eigenvalue weighted by Gasteiger charge is -2.10. The van der Waals surface area contributed by atoms with E-state index in [1.807, 2.05) is 0 Å². The highest BCUT2D eigenvalue weighted by atomic mass is 16.5. The number of nitrogen functional groups attached to an aromatic ring is 1. The van der Waals surface area contributed by atoms with E-state index in [1.165, 1.54) is 10.8 Å². The molecule has 2 aromatic rings. The van der Waals surface area contributed by atoms with Gasteiger partial charge in [0.05, 0.1) is 25.0 Å². The zero-order valence-electron chi connectivity index (χ0n) is 9.15. The molecule has 1 saturated heterocycles. The van der Waals surface area contributed by atoms with Gasteiger partial charge in [0.25, 0.3) is 0 Å². The van der Waals surface area contributed by atoms with Crippen LogP contribution in [0.15, 0.2) is 12.5 Å². The minimum absolute atomic E-state index is 0.0484. The van der Waals surface area contributed by atoms with E-state index in [4.69, 9.17) is 15.6 Å². The molecule has 3 heterocycles. The second-order valence-corrected chi connectivity index (χ2v) is 4.07. The Morgan fingerprint density at radius 1 is 1.47 bits per heavy atom. The van der Waals surface area contributed by atoms with Gasteiger partial charge in [-0.05, 0) is 12.8 Å². The monoisotopic (exact) mass is 235 g/mol. The number of ether oxygens (including phenoxy) is 1. The predicted molar refractivity (Wildman–Crippen MR) is 59.1 cm³/mol. The summed E-state index contributed by atoms with van der Waals surface area (Å²) in [5.41, 5.74) is 7.26. The van der Waals surface area contributed by atoms with Crippen LogP contribution >= 0.6 is 0 Å². The van der Waals surface area contributed by atoms with Crippen LogP contribution in [-0.4, -0.2) is 37.4 Å². The molecule has 0 aliphatic carbocycles. The first-order valence-corrected chi connectivity index (χ1v) is 5.50. The lowest BCUT2D eigenvalue weighted by atomic mass is 10.1. The standard InChI is InChI=1S/C10H13N5O2/c11-10-13-5-12-9-7(3-14-15(9)10)8-2-1-6(4-16)17-8/h3,5-6,8,16H,1-2,4H2,(H2,11,12,13)/t6-,8+/m0/s1. The lowest BCUT2D eigenvalue weighted by Crippen LogP contribution is -2.11. The van der Waals surface area contributed by atoms with Gasteiger partial charge in [-0.25, -0.2) is 9.97 Å². The van der Waals surface area contributed by atoms with E-state index in [0.717, 1.165) is 18.4 Å². The van der Waals surface area contributed by atoms with Crippen LogP contribution < -0.4 is 5.73 Å².